The second-order valence-corrected chi connectivity index (χ2v) is 4.70. The van der Waals surface area contributed by atoms with Crippen LogP contribution in [0.4, 0.5) is 11.4 Å². The Morgan fingerprint density at radius 2 is 2.14 bits per heavy atom. The van der Waals surface area contributed by atoms with E-state index in [0.29, 0.717) is 22.3 Å². The molecule has 1 aromatic carbocycles. The average Bonchev–Trinajstić information content (AvgIpc) is 3.00. The first-order valence-electron chi connectivity index (χ1n) is 6.45. The minimum atomic E-state index is -0.489. The molecule has 2 heterocycles. The summed E-state index contributed by atoms with van der Waals surface area (Å²) < 4.78 is 5.04. The van der Waals surface area contributed by atoms with E-state index in [1.807, 2.05) is 0 Å². The molecule has 0 spiro atoms. The van der Waals surface area contributed by atoms with Crippen LogP contribution in [0.15, 0.2) is 47.1 Å². The van der Waals surface area contributed by atoms with Crippen LogP contribution in [-0.4, -0.2) is 15.8 Å². The van der Waals surface area contributed by atoms with Crippen LogP contribution < -0.4 is 5.32 Å². The molecule has 0 unspecified atom stereocenters. The molecular weight excluding hydrogens is 286 g/mol. The number of aromatic nitrogens is 1. The van der Waals surface area contributed by atoms with Gasteiger partial charge in [-0.2, -0.15) is 0 Å². The standard InChI is InChI=1S/C15H11N3O4/c1-9-7-13(17-15(19)14-3-2-6-22-14)11-8-10(18(20)21)4-5-12(11)16-9/h2-8H,1H3,(H,16,17,19). The lowest BCUT2D eigenvalue weighted by atomic mass is 10.1. The number of amides is 1. The fraction of sp³-hybridized carbons (Fsp3) is 0.0667. The largest absolute Gasteiger partial charge is 0.459 e. The van der Waals surface area contributed by atoms with Gasteiger partial charge in [-0.1, -0.05) is 0 Å². The molecule has 0 fully saturated rings. The normalized spacial score (nSPS) is 10.6. The van der Waals surface area contributed by atoms with Crippen LogP contribution in [0.2, 0.25) is 0 Å². The molecule has 0 atom stereocenters. The Hall–Kier alpha value is -3.22. The number of benzene rings is 1. The Morgan fingerprint density at radius 1 is 1.32 bits per heavy atom. The lowest BCUT2D eigenvalue weighted by molar-refractivity contribution is -0.384. The zero-order chi connectivity index (χ0) is 15.7. The quantitative estimate of drug-likeness (QED) is 0.590. The zero-order valence-corrected chi connectivity index (χ0v) is 11.6. The maximum Gasteiger partial charge on any atom is 0.291 e. The molecule has 0 aliphatic rings. The number of furan rings is 1. The van der Waals surface area contributed by atoms with Crippen LogP contribution in [0, 0.1) is 17.0 Å². The van der Waals surface area contributed by atoms with E-state index in [1.54, 1.807) is 25.1 Å². The number of pyridine rings is 1. The fourth-order valence-electron chi connectivity index (χ4n) is 2.15. The third kappa shape index (κ3) is 2.51. The second-order valence-electron chi connectivity index (χ2n) is 4.70. The lowest BCUT2D eigenvalue weighted by Gasteiger charge is -2.08. The minimum absolute atomic E-state index is 0.0633. The molecule has 3 aromatic rings. The van der Waals surface area contributed by atoms with Gasteiger partial charge in [0.15, 0.2) is 5.76 Å². The van der Waals surface area contributed by atoms with Crippen molar-refractivity contribution in [3.63, 3.8) is 0 Å². The number of carbonyl (C=O) groups is 1. The number of hydrogen-bond donors (Lipinski definition) is 1. The SMILES string of the molecule is Cc1cc(NC(=O)c2ccco2)c2cc([N+](=O)[O-])ccc2n1. The van der Waals surface area contributed by atoms with Gasteiger partial charge in [0, 0.05) is 23.2 Å². The Morgan fingerprint density at radius 3 is 2.82 bits per heavy atom. The summed E-state index contributed by atoms with van der Waals surface area (Å²) in [5, 5.41) is 14.1. The first kappa shape index (κ1) is 13.7. The Balaban J connectivity index is 2.08. The number of hydrogen-bond acceptors (Lipinski definition) is 5. The Bertz CT molecular complexity index is 872. The van der Waals surface area contributed by atoms with E-state index in [0.717, 1.165) is 0 Å². The van der Waals surface area contributed by atoms with Gasteiger partial charge < -0.3 is 9.73 Å². The van der Waals surface area contributed by atoms with E-state index in [4.69, 9.17) is 4.42 Å². The van der Waals surface area contributed by atoms with Gasteiger partial charge in [0.2, 0.25) is 0 Å². The summed E-state index contributed by atoms with van der Waals surface area (Å²) >= 11 is 0. The summed E-state index contributed by atoms with van der Waals surface area (Å²) in [5.74, 6) is -0.267. The van der Waals surface area contributed by atoms with Crippen molar-refractivity contribution in [2.24, 2.45) is 0 Å². The lowest BCUT2D eigenvalue weighted by Crippen LogP contribution is -2.11. The first-order chi connectivity index (χ1) is 10.5. The summed E-state index contributed by atoms with van der Waals surface area (Å²) in [4.78, 5) is 26.8. The Kier molecular flexibility index (Phi) is 3.30. The highest BCUT2D eigenvalue weighted by atomic mass is 16.6. The minimum Gasteiger partial charge on any atom is -0.459 e. The van der Waals surface area contributed by atoms with Crippen molar-refractivity contribution in [3.8, 4) is 0 Å². The summed E-state index contributed by atoms with van der Waals surface area (Å²) in [7, 11) is 0. The molecule has 110 valence electrons. The van der Waals surface area contributed by atoms with Crippen molar-refractivity contribution >= 4 is 28.2 Å². The van der Waals surface area contributed by atoms with Crippen LogP contribution in [0.3, 0.4) is 0 Å². The highest BCUT2D eigenvalue weighted by molar-refractivity contribution is 6.07. The number of nitro groups is 1. The molecule has 0 saturated carbocycles. The van der Waals surface area contributed by atoms with Gasteiger partial charge in [0.25, 0.3) is 11.6 Å². The maximum atomic E-state index is 12.1. The molecule has 0 radical (unpaired) electrons. The van der Waals surface area contributed by atoms with Gasteiger partial charge >= 0.3 is 0 Å². The van der Waals surface area contributed by atoms with E-state index >= 15 is 0 Å². The third-order valence-corrected chi connectivity index (χ3v) is 3.12. The van der Waals surface area contributed by atoms with Crippen molar-refractivity contribution in [1.29, 1.82) is 0 Å². The molecule has 7 nitrogen and oxygen atoms in total. The number of nitro benzene ring substituents is 1. The molecule has 7 heteroatoms. The highest BCUT2D eigenvalue weighted by Crippen LogP contribution is 2.27. The monoisotopic (exact) mass is 297 g/mol. The number of fused-ring (bicyclic) bond motifs is 1. The zero-order valence-electron chi connectivity index (χ0n) is 11.6. The summed E-state index contributed by atoms with van der Waals surface area (Å²) in [5.41, 5.74) is 1.65. The molecular formula is C15H11N3O4. The molecule has 0 bridgehead atoms. The number of nitrogens with zero attached hydrogens (tertiary/aromatic N) is 2. The smallest absolute Gasteiger partial charge is 0.291 e. The van der Waals surface area contributed by atoms with E-state index in [9.17, 15) is 14.9 Å². The van der Waals surface area contributed by atoms with Crippen molar-refractivity contribution in [2.45, 2.75) is 6.92 Å². The van der Waals surface area contributed by atoms with Gasteiger partial charge in [0.05, 0.1) is 22.4 Å². The first-order valence-corrected chi connectivity index (χ1v) is 6.45. The van der Waals surface area contributed by atoms with Crippen molar-refractivity contribution in [3.05, 3.63) is 64.2 Å². The molecule has 0 aliphatic carbocycles. The number of carbonyl (C=O) groups excluding carboxylic acids is 1. The molecule has 0 aliphatic heterocycles. The number of rotatable bonds is 3. The second kappa shape index (κ2) is 5.28. The van der Waals surface area contributed by atoms with Crippen LogP contribution in [0.5, 0.6) is 0 Å². The number of anilines is 1. The van der Waals surface area contributed by atoms with Crippen LogP contribution >= 0.6 is 0 Å². The van der Waals surface area contributed by atoms with E-state index < -0.39 is 10.8 Å². The van der Waals surface area contributed by atoms with Crippen LogP contribution in [-0.2, 0) is 0 Å². The third-order valence-electron chi connectivity index (χ3n) is 3.12. The predicted octanol–water partition coefficient (Wildman–Crippen LogP) is 3.30. The van der Waals surface area contributed by atoms with E-state index in [2.05, 4.69) is 10.3 Å². The summed E-state index contributed by atoms with van der Waals surface area (Å²) in [6.45, 7) is 1.78. The maximum absolute atomic E-state index is 12.1. The number of nitrogens with one attached hydrogen (secondary N) is 1. The Labute approximate surface area is 124 Å². The number of non-ortho nitro benzene ring substituents is 1. The van der Waals surface area contributed by atoms with Gasteiger partial charge in [-0.15, -0.1) is 0 Å². The van der Waals surface area contributed by atoms with Gasteiger partial charge in [-0.3, -0.25) is 19.9 Å². The predicted molar refractivity (Wildman–Crippen MR) is 79.8 cm³/mol. The van der Waals surface area contributed by atoms with E-state index in [1.165, 1.54) is 24.5 Å². The van der Waals surface area contributed by atoms with Crippen LogP contribution in [0.1, 0.15) is 16.2 Å². The molecule has 1 amide bonds. The molecule has 0 saturated heterocycles. The summed E-state index contributed by atoms with van der Waals surface area (Å²) in [6, 6.07) is 9.13. The van der Waals surface area contributed by atoms with Gasteiger partial charge in [-0.25, -0.2) is 0 Å². The molecule has 1 N–H and O–H groups in total. The van der Waals surface area contributed by atoms with Crippen molar-refractivity contribution in [2.75, 3.05) is 5.32 Å². The van der Waals surface area contributed by atoms with Gasteiger partial charge in [-0.05, 0) is 31.2 Å². The average molecular weight is 297 g/mol. The topological polar surface area (TPSA) is 98.3 Å². The van der Waals surface area contributed by atoms with Gasteiger partial charge in [0.1, 0.15) is 0 Å². The highest BCUT2D eigenvalue weighted by Gasteiger charge is 2.14. The molecule has 2 aromatic heterocycles. The fourth-order valence-corrected chi connectivity index (χ4v) is 2.15. The molecule has 3 rings (SSSR count). The summed E-state index contributed by atoms with van der Waals surface area (Å²) in [6.07, 6.45) is 1.40. The van der Waals surface area contributed by atoms with E-state index in [-0.39, 0.29) is 11.4 Å². The van der Waals surface area contributed by atoms with Crippen molar-refractivity contribution < 1.29 is 14.1 Å². The van der Waals surface area contributed by atoms with Crippen LogP contribution in [0.25, 0.3) is 10.9 Å². The van der Waals surface area contributed by atoms with Crippen molar-refractivity contribution in [1.82, 2.24) is 4.98 Å². The number of aryl methyl sites for hydroxylation is 1. The molecule has 22 heavy (non-hydrogen) atoms.